The van der Waals surface area contributed by atoms with Crippen LogP contribution in [0.5, 0.6) is 0 Å². The normalized spacial score (nSPS) is 12.5. The molecule has 0 saturated carbocycles. The van der Waals surface area contributed by atoms with E-state index in [1.165, 1.54) is 11.1 Å². The van der Waals surface area contributed by atoms with Crippen molar-refractivity contribution in [3.05, 3.63) is 96.1 Å². The van der Waals surface area contributed by atoms with Crippen LogP contribution in [-0.4, -0.2) is 49.6 Å². The van der Waals surface area contributed by atoms with Gasteiger partial charge in [-0.15, -0.1) is 0 Å². The number of sulfone groups is 1. The molecule has 0 radical (unpaired) electrons. The predicted octanol–water partition coefficient (Wildman–Crippen LogP) is 4.05. The van der Waals surface area contributed by atoms with Gasteiger partial charge in [-0.1, -0.05) is 36.4 Å². The van der Waals surface area contributed by atoms with Gasteiger partial charge in [0, 0.05) is 6.20 Å². The second kappa shape index (κ2) is 11.8. The second-order valence-corrected chi connectivity index (χ2v) is 9.40. The third kappa shape index (κ3) is 7.13. The minimum Gasteiger partial charge on any atom is -0.373 e. The maximum Gasteiger partial charge on any atom is 0.261 e. The fourth-order valence-corrected chi connectivity index (χ4v) is 4.53. The molecule has 0 aliphatic carbocycles. The van der Waals surface area contributed by atoms with Gasteiger partial charge in [0.15, 0.2) is 9.84 Å². The summed E-state index contributed by atoms with van der Waals surface area (Å²) in [6.07, 6.45) is -1.17. The van der Waals surface area contributed by atoms with Gasteiger partial charge in [0.05, 0.1) is 29.8 Å². The van der Waals surface area contributed by atoms with Crippen LogP contribution in [0.15, 0.2) is 83.9 Å². The van der Waals surface area contributed by atoms with E-state index in [-0.39, 0.29) is 18.0 Å². The molecule has 1 atom stereocenters. The molecule has 0 saturated heterocycles. The van der Waals surface area contributed by atoms with E-state index < -0.39 is 46.4 Å². The number of carbonyl (C=O) groups excluding carboxylic acids is 1. The first-order chi connectivity index (χ1) is 16.3. The van der Waals surface area contributed by atoms with E-state index in [1.807, 2.05) is 0 Å². The van der Waals surface area contributed by atoms with Crippen LogP contribution in [0.3, 0.4) is 0 Å². The molecular formula is C24H23F3N2O4S. The smallest absolute Gasteiger partial charge is 0.261 e. The van der Waals surface area contributed by atoms with Crippen LogP contribution in [0.4, 0.5) is 13.2 Å². The number of rotatable bonds is 11. The van der Waals surface area contributed by atoms with Crippen LogP contribution in [0.2, 0.25) is 0 Å². The second-order valence-electron chi connectivity index (χ2n) is 7.41. The lowest BCUT2D eigenvalue weighted by atomic mass is 10.1. The molecule has 34 heavy (non-hydrogen) atoms. The molecule has 0 bridgehead atoms. The Labute approximate surface area is 195 Å². The van der Waals surface area contributed by atoms with Crippen LogP contribution in [0.1, 0.15) is 17.3 Å². The summed E-state index contributed by atoms with van der Waals surface area (Å²) in [4.78, 5) is 18.6. The topological polar surface area (TPSA) is 76.6 Å². The first-order valence-electron chi connectivity index (χ1n) is 10.3. The molecule has 0 N–H and O–H groups in total. The molecular weight excluding hydrogens is 469 g/mol. The standard InChI is InChI=1S/C24H23F3N2O4S/c25-19-9-11-21(12-10-19)34(31,32)17-24(30)29(14-20-8-4-5-13-28-20)22(15-33-16-23(26)27)18-6-2-1-3-7-18/h1-13,22-23H,14-17H2. The van der Waals surface area contributed by atoms with Gasteiger partial charge >= 0.3 is 0 Å². The summed E-state index contributed by atoms with van der Waals surface area (Å²) in [6.45, 7) is -1.18. The number of pyridine rings is 1. The summed E-state index contributed by atoms with van der Waals surface area (Å²) in [5.41, 5.74) is 1.06. The van der Waals surface area contributed by atoms with Gasteiger partial charge in [0.25, 0.3) is 6.43 Å². The van der Waals surface area contributed by atoms with Gasteiger partial charge in [0.1, 0.15) is 18.2 Å². The van der Waals surface area contributed by atoms with E-state index in [9.17, 15) is 26.4 Å². The van der Waals surface area contributed by atoms with Crippen molar-refractivity contribution in [1.29, 1.82) is 0 Å². The van der Waals surface area contributed by atoms with Crippen LogP contribution in [-0.2, 0) is 25.9 Å². The van der Waals surface area contributed by atoms with Crippen LogP contribution >= 0.6 is 0 Å². The van der Waals surface area contributed by atoms with E-state index in [0.717, 1.165) is 24.3 Å². The Bertz CT molecular complexity index is 1160. The van der Waals surface area contributed by atoms with Crippen molar-refractivity contribution in [2.75, 3.05) is 19.0 Å². The number of amides is 1. The average molecular weight is 493 g/mol. The summed E-state index contributed by atoms with van der Waals surface area (Å²) in [5.74, 6) is -2.28. The molecule has 180 valence electrons. The number of nitrogens with zero attached hydrogens (tertiary/aromatic N) is 2. The summed E-state index contributed by atoms with van der Waals surface area (Å²) in [5, 5.41) is 0. The highest BCUT2D eigenvalue weighted by atomic mass is 32.2. The maximum absolute atomic E-state index is 13.4. The summed E-state index contributed by atoms with van der Waals surface area (Å²) >= 11 is 0. The molecule has 3 rings (SSSR count). The Hall–Kier alpha value is -3.24. The maximum atomic E-state index is 13.4. The number of hydrogen-bond acceptors (Lipinski definition) is 5. The quantitative estimate of drug-likeness (QED) is 0.378. The van der Waals surface area contributed by atoms with Crippen LogP contribution in [0, 0.1) is 5.82 Å². The molecule has 6 nitrogen and oxygen atoms in total. The Morgan fingerprint density at radius 1 is 0.941 bits per heavy atom. The molecule has 1 aromatic heterocycles. The van der Waals surface area contributed by atoms with Crippen molar-refractivity contribution in [2.24, 2.45) is 0 Å². The van der Waals surface area contributed by atoms with E-state index in [1.54, 1.807) is 48.5 Å². The Kier molecular flexibility index (Phi) is 8.78. The number of carbonyl (C=O) groups is 1. The number of ether oxygens (including phenoxy) is 1. The van der Waals surface area contributed by atoms with Gasteiger partial charge in [0.2, 0.25) is 5.91 Å². The zero-order valence-electron chi connectivity index (χ0n) is 18.1. The third-order valence-corrected chi connectivity index (χ3v) is 6.56. The lowest BCUT2D eigenvalue weighted by Crippen LogP contribution is -2.40. The number of alkyl halides is 2. The zero-order valence-corrected chi connectivity index (χ0v) is 18.9. The highest BCUT2D eigenvalue weighted by Crippen LogP contribution is 2.25. The van der Waals surface area contributed by atoms with Crippen molar-refractivity contribution in [3.8, 4) is 0 Å². The third-order valence-electron chi connectivity index (χ3n) is 4.95. The van der Waals surface area contributed by atoms with Gasteiger partial charge in [-0.3, -0.25) is 9.78 Å². The number of halogens is 3. The van der Waals surface area contributed by atoms with E-state index in [0.29, 0.717) is 11.3 Å². The summed E-state index contributed by atoms with van der Waals surface area (Å²) in [7, 11) is -4.10. The molecule has 1 amide bonds. The average Bonchev–Trinajstić information content (AvgIpc) is 2.82. The largest absolute Gasteiger partial charge is 0.373 e. The first kappa shape index (κ1) is 25.4. The Morgan fingerprint density at radius 3 is 2.24 bits per heavy atom. The molecule has 10 heteroatoms. The van der Waals surface area contributed by atoms with E-state index in [4.69, 9.17) is 4.74 Å². The molecule has 3 aromatic rings. The van der Waals surface area contributed by atoms with Gasteiger partial charge in [-0.2, -0.15) is 0 Å². The van der Waals surface area contributed by atoms with Crippen molar-refractivity contribution in [2.45, 2.75) is 23.9 Å². The van der Waals surface area contributed by atoms with Crippen LogP contribution in [0.25, 0.3) is 0 Å². The molecule has 0 aliphatic heterocycles. The van der Waals surface area contributed by atoms with Gasteiger partial charge < -0.3 is 9.64 Å². The highest BCUT2D eigenvalue weighted by molar-refractivity contribution is 7.92. The first-order valence-corrected chi connectivity index (χ1v) is 12.0. The lowest BCUT2D eigenvalue weighted by Gasteiger charge is -2.32. The van der Waals surface area contributed by atoms with Crippen LogP contribution < -0.4 is 0 Å². The molecule has 2 aromatic carbocycles. The van der Waals surface area contributed by atoms with Crippen molar-refractivity contribution in [3.63, 3.8) is 0 Å². The van der Waals surface area contributed by atoms with Gasteiger partial charge in [-0.05, 0) is 42.0 Å². The number of aromatic nitrogens is 1. The Morgan fingerprint density at radius 2 is 1.62 bits per heavy atom. The molecule has 1 unspecified atom stereocenters. The van der Waals surface area contributed by atoms with E-state index >= 15 is 0 Å². The SMILES string of the molecule is O=C(CS(=O)(=O)c1ccc(F)cc1)N(Cc1ccccn1)C(COCC(F)F)c1ccccc1. The molecule has 0 spiro atoms. The molecule has 1 heterocycles. The zero-order chi connectivity index (χ0) is 24.6. The van der Waals surface area contributed by atoms with Gasteiger partial charge in [-0.25, -0.2) is 21.6 Å². The van der Waals surface area contributed by atoms with Crippen molar-refractivity contribution < 1.29 is 31.1 Å². The highest BCUT2D eigenvalue weighted by Gasteiger charge is 2.30. The fourth-order valence-electron chi connectivity index (χ4n) is 3.32. The fraction of sp³-hybridized carbons (Fsp3) is 0.250. The summed E-state index contributed by atoms with van der Waals surface area (Å²) in [6, 6.07) is 17.0. The Balaban J connectivity index is 1.94. The number of hydrogen-bond donors (Lipinski definition) is 0. The number of benzene rings is 2. The monoisotopic (exact) mass is 492 g/mol. The summed E-state index contributed by atoms with van der Waals surface area (Å²) < 4.78 is 69.5. The minimum absolute atomic E-state index is 0.0732. The molecule has 0 aliphatic rings. The minimum atomic E-state index is -4.10. The molecule has 0 fully saturated rings. The van der Waals surface area contributed by atoms with Crippen molar-refractivity contribution in [1.82, 2.24) is 9.88 Å². The lowest BCUT2D eigenvalue weighted by molar-refractivity contribution is -0.133. The predicted molar refractivity (Wildman–Crippen MR) is 119 cm³/mol. The van der Waals surface area contributed by atoms with Crippen molar-refractivity contribution >= 4 is 15.7 Å². The van der Waals surface area contributed by atoms with E-state index in [2.05, 4.69) is 4.98 Å².